The van der Waals surface area contributed by atoms with Crippen molar-refractivity contribution in [2.24, 2.45) is 0 Å². The lowest BCUT2D eigenvalue weighted by atomic mass is 10.2. The fourth-order valence-electron chi connectivity index (χ4n) is 2.78. The highest BCUT2D eigenvalue weighted by atomic mass is 16.6. The maximum absolute atomic E-state index is 12.3. The zero-order chi connectivity index (χ0) is 16.5. The second kappa shape index (κ2) is 5.88. The summed E-state index contributed by atoms with van der Waals surface area (Å²) in [5.41, 5.74) is 3.48. The van der Waals surface area contributed by atoms with E-state index >= 15 is 0 Å². The van der Waals surface area contributed by atoms with Crippen LogP contribution in [0.15, 0.2) is 42.7 Å². The molecule has 1 aliphatic heterocycles. The number of ether oxygens (including phenoxy) is 2. The molecule has 0 atom stereocenters. The Kier molecular flexibility index (Phi) is 3.57. The van der Waals surface area contributed by atoms with Gasteiger partial charge in [0.15, 0.2) is 11.5 Å². The normalized spacial score (nSPS) is 13.0. The lowest BCUT2D eigenvalue weighted by molar-refractivity contribution is -0.116. The van der Waals surface area contributed by atoms with Crippen LogP contribution in [0.5, 0.6) is 11.5 Å². The van der Waals surface area contributed by atoms with Crippen LogP contribution in [0.25, 0.3) is 11.0 Å². The number of anilines is 1. The summed E-state index contributed by atoms with van der Waals surface area (Å²) in [6, 6.07) is 11.4. The van der Waals surface area contributed by atoms with Crippen LogP contribution >= 0.6 is 0 Å². The minimum Gasteiger partial charge on any atom is -0.486 e. The molecule has 0 unspecified atom stereocenters. The maximum Gasteiger partial charge on any atom is 0.244 e. The SMILES string of the molecule is Cc1ccccc1NC(=O)Cn1cnc2cc3c(cc21)OCCO3. The largest absolute Gasteiger partial charge is 0.486 e. The minimum atomic E-state index is -0.0986. The Morgan fingerprint density at radius 1 is 1.21 bits per heavy atom. The molecule has 1 aliphatic rings. The molecule has 0 saturated heterocycles. The van der Waals surface area contributed by atoms with Gasteiger partial charge < -0.3 is 19.4 Å². The predicted octanol–water partition coefficient (Wildman–Crippen LogP) is 2.75. The molecule has 1 amide bonds. The molecule has 0 spiro atoms. The van der Waals surface area contributed by atoms with Gasteiger partial charge >= 0.3 is 0 Å². The smallest absolute Gasteiger partial charge is 0.244 e. The molecule has 4 rings (SSSR count). The number of rotatable bonds is 3. The van der Waals surface area contributed by atoms with Crippen LogP contribution in [-0.2, 0) is 11.3 Å². The molecule has 3 aromatic rings. The van der Waals surface area contributed by atoms with E-state index in [0.717, 1.165) is 22.3 Å². The molecule has 1 N–H and O–H groups in total. The summed E-state index contributed by atoms with van der Waals surface area (Å²) in [5, 5.41) is 2.93. The summed E-state index contributed by atoms with van der Waals surface area (Å²) in [7, 11) is 0. The monoisotopic (exact) mass is 323 g/mol. The summed E-state index contributed by atoms with van der Waals surface area (Å²) in [5.74, 6) is 1.29. The van der Waals surface area contributed by atoms with E-state index in [0.29, 0.717) is 24.7 Å². The van der Waals surface area contributed by atoms with E-state index in [1.807, 2.05) is 43.3 Å². The highest BCUT2D eigenvalue weighted by Crippen LogP contribution is 2.34. The van der Waals surface area contributed by atoms with E-state index in [1.54, 1.807) is 10.9 Å². The summed E-state index contributed by atoms with van der Waals surface area (Å²) in [6.45, 7) is 3.22. The molecule has 0 bridgehead atoms. The summed E-state index contributed by atoms with van der Waals surface area (Å²) >= 11 is 0. The number of imidazole rings is 1. The van der Waals surface area contributed by atoms with Crippen LogP contribution in [0.4, 0.5) is 5.69 Å². The number of carbonyl (C=O) groups is 1. The van der Waals surface area contributed by atoms with Crippen molar-refractivity contribution in [2.45, 2.75) is 13.5 Å². The number of aryl methyl sites for hydroxylation is 1. The van der Waals surface area contributed by atoms with E-state index in [-0.39, 0.29) is 12.5 Å². The molecule has 6 nitrogen and oxygen atoms in total. The number of hydrogen-bond acceptors (Lipinski definition) is 4. The van der Waals surface area contributed by atoms with Crippen molar-refractivity contribution >= 4 is 22.6 Å². The lowest BCUT2D eigenvalue weighted by Gasteiger charge is -2.18. The molecule has 0 saturated carbocycles. The standard InChI is InChI=1S/C18H17N3O3/c1-12-4-2-3-5-13(12)20-18(22)10-21-11-19-14-8-16-17(9-15(14)21)24-7-6-23-16/h2-5,8-9,11H,6-7,10H2,1H3,(H,20,22). The number of amides is 1. The van der Waals surface area contributed by atoms with Gasteiger partial charge in [-0.2, -0.15) is 0 Å². The Morgan fingerprint density at radius 3 is 2.75 bits per heavy atom. The highest BCUT2D eigenvalue weighted by Gasteiger charge is 2.16. The molecule has 0 fully saturated rings. The Labute approximate surface area is 139 Å². The number of aromatic nitrogens is 2. The second-order valence-electron chi connectivity index (χ2n) is 5.72. The first-order chi connectivity index (χ1) is 11.7. The molecule has 122 valence electrons. The van der Waals surface area contributed by atoms with E-state index in [4.69, 9.17) is 9.47 Å². The van der Waals surface area contributed by atoms with Crippen molar-refractivity contribution in [1.29, 1.82) is 0 Å². The molecule has 24 heavy (non-hydrogen) atoms. The fourth-order valence-corrected chi connectivity index (χ4v) is 2.78. The molecular formula is C18H17N3O3. The van der Waals surface area contributed by atoms with Gasteiger partial charge in [-0.3, -0.25) is 4.79 Å². The number of para-hydroxylation sites is 1. The van der Waals surface area contributed by atoms with Crippen molar-refractivity contribution in [2.75, 3.05) is 18.5 Å². The third-order valence-electron chi connectivity index (χ3n) is 4.02. The third-order valence-corrected chi connectivity index (χ3v) is 4.02. The van der Waals surface area contributed by atoms with Crippen molar-refractivity contribution in [3.63, 3.8) is 0 Å². The molecular weight excluding hydrogens is 306 g/mol. The second-order valence-corrected chi connectivity index (χ2v) is 5.72. The first-order valence-corrected chi connectivity index (χ1v) is 7.81. The maximum atomic E-state index is 12.3. The van der Waals surface area contributed by atoms with E-state index < -0.39 is 0 Å². The van der Waals surface area contributed by atoms with Crippen molar-refractivity contribution in [3.8, 4) is 11.5 Å². The Bertz CT molecular complexity index is 917. The number of hydrogen-bond donors (Lipinski definition) is 1. The Morgan fingerprint density at radius 2 is 1.96 bits per heavy atom. The summed E-state index contributed by atoms with van der Waals surface area (Å²) in [6.07, 6.45) is 1.66. The number of benzene rings is 2. The van der Waals surface area contributed by atoms with Gasteiger partial charge in [-0.15, -0.1) is 0 Å². The van der Waals surface area contributed by atoms with E-state index in [2.05, 4.69) is 10.3 Å². The average molecular weight is 323 g/mol. The van der Waals surface area contributed by atoms with Gasteiger partial charge in [0, 0.05) is 17.8 Å². The van der Waals surface area contributed by atoms with E-state index in [1.165, 1.54) is 0 Å². The van der Waals surface area contributed by atoms with Gasteiger partial charge in [-0.05, 0) is 18.6 Å². The first-order valence-electron chi connectivity index (χ1n) is 7.81. The number of nitrogens with one attached hydrogen (secondary N) is 1. The summed E-state index contributed by atoms with van der Waals surface area (Å²) in [4.78, 5) is 16.7. The number of fused-ring (bicyclic) bond motifs is 2. The summed E-state index contributed by atoms with van der Waals surface area (Å²) < 4.78 is 13.0. The van der Waals surface area contributed by atoms with Crippen LogP contribution in [0, 0.1) is 6.92 Å². The first kappa shape index (κ1) is 14.6. The topological polar surface area (TPSA) is 65.4 Å². The quantitative estimate of drug-likeness (QED) is 0.805. The zero-order valence-corrected chi connectivity index (χ0v) is 13.3. The van der Waals surface area contributed by atoms with Gasteiger partial charge in [0.05, 0.1) is 17.4 Å². The highest BCUT2D eigenvalue weighted by molar-refractivity contribution is 5.92. The van der Waals surface area contributed by atoms with Crippen LogP contribution < -0.4 is 14.8 Å². The molecule has 0 aliphatic carbocycles. The van der Waals surface area contributed by atoms with Crippen LogP contribution in [-0.4, -0.2) is 28.7 Å². The average Bonchev–Trinajstić information content (AvgIpc) is 2.97. The van der Waals surface area contributed by atoms with Crippen LogP contribution in [0.2, 0.25) is 0 Å². The Hall–Kier alpha value is -3.02. The van der Waals surface area contributed by atoms with Crippen LogP contribution in [0.3, 0.4) is 0 Å². The fraction of sp³-hybridized carbons (Fsp3) is 0.222. The van der Waals surface area contributed by atoms with Crippen molar-refractivity contribution < 1.29 is 14.3 Å². The minimum absolute atomic E-state index is 0.0986. The molecule has 6 heteroatoms. The van der Waals surface area contributed by atoms with Crippen molar-refractivity contribution in [1.82, 2.24) is 9.55 Å². The van der Waals surface area contributed by atoms with Crippen molar-refractivity contribution in [3.05, 3.63) is 48.3 Å². The number of carbonyl (C=O) groups excluding carboxylic acids is 1. The third kappa shape index (κ3) is 2.67. The van der Waals surface area contributed by atoms with Gasteiger partial charge in [-0.25, -0.2) is 4.98 Å². The molecule has 2 heterocycles. The lowest BCUT2D eigenvalue weighted by Crippen LogP contribution is -2.19. The van der Waals surface area contributed by atoms with Crippen LogP contribution in [0.1, 0.15) is 5.56 Å². The predicted molar refractivity (Wildman–Crippen MR) is 90.5 cm³/mol. The van der Waals surface area contributed by atoms with Gasteiger partial charge in [-0.1, -0.05) is 18.2 Å². The Balaban J connectivity index is 1.58. The zero-order valence-electron chi connectivity index (χ0n) is 13.3. The van der Waals surface area contributed by atoms with Gasteiger partial charge in [0.1, 0.15) is 19.8 Å². The number of nitrogens with zero attached hydrogens (tertiary/aromatic N) is 2. The molecule has 1 aromatic heterocycles. The van der Waals surface area contributed by atoms with Gasteiger partial charge in [0.25, 0.3) is 0 Å². The molecule has 0 radical (unpaired) electrons. The van der Waals surface area contributed by atoms with Gasteiger partial charge in [0.2, 0.25) is 5.91 Å². The van der Waals surface area contributed by atoms with E-state index in [9.17, 15) is 4.79 Å². The molecule has 2 aromatic carbocycles.